The fourth-order valence-electron chi connectivity index (χ4n) is 3.08. The number of nitrogens with zero attached hydrogens (tertiary/aromatic N) is 3. The summed E-state index contributed by atoms with van der Waals surface area (Å²) in [5.41, 5.74) is 4.16. The highest BCUT2D eigenvalue weighted by Crippen LogP contribution is 2.28. The summed E-state index contributed by atoms with van der Waals surface area (Å²) >= 11 is 0. The monoisotopic (exact) mass is 443 g/mol. The molecule has 3 aromatic rings. The highest BCUT2D eigenvalue weighted by Gasteiger charge is 2.21. The van der Waals surface area contributed by atoms with Gasteiger partial charge in [-0.05, 0) is 79.4 Å². The number of pyridine rings is 2. The summed E-state index contributed by atoms with van der Waals surface area (Å²) in [6.07, 6.45) is 8.29. The zero-order valence-electron chi connectivity index (χ0n) is 19.1. The second-order valence-electron chi connectivity index (χ2n) is 7.97. The Labute approximate surface area is 192 Å². The van der Waals surface area contributed by atoms with Crippen molar-refractivity contribution in [1.82, 2.24) is 15.3 Å². The minimum atomic E-state index is -1.77. The van der Waals surface area contributed by atoms with Crippen LogP contribution in [-0.2, 0) is 0 Å². The van der Waals surface area contributed by atoms with Crippen LogP contribution in [-0.4, -0.2) is 40.6 Å². The second-order valence-corrected chi connectivity index (χ2v) is 7.97. The molecule has 0 aliphatic rings. The molecular formula is C26H26FN5O. The van der Waals surface area contributed by atoms with Crippen molar-refractivity contribution in [2.24, 2.45) is 4.99 Å². The SMILES string of the molecule is CNC(=O)c1cc(-c2cc(-c3cc(/C=C/C=NC(=N)C(C)(C)F)ccc3C)ccn2)ccn1. The van der Waals surface area contributed by atoms with Crippen LogP contribution in [0, 0.1) is 12.3 Å². The van der Waals surface area contributed by atoms with E-state index in [4.69, 9.17) is 5.41 Å². The van der Waals surface area contributed by atoms with E-state index >= 15 is 0 Å². The number of aliphatic imine (C=N–C) groups is 1. The molecule has 33 heavy (non-hydrogen) atoms. The van der Waals surface area contributed by atoms with Gasteiger partial charge in [0.25, 0.3) is 5.91 Å². The van der Waals surface area contributed by atoms with E-state index in [1.807, 2.05) is 49.4 Å². The first-order chi connectivity index (χ1) is 15.7. The first kappa shape index (κ1) is 23.7. The number of alkyl halides is 1. The molecule has 1 aromatic carbocycles. The standard InChI is InChI=1S/C26H26FN5O/c1-17-7-8-18(6-5-11-32-25(28)26(2,3)27)14-21(17)19-9-12-30-22(15-19)20-10-13-31-23(16-20)24(33)29-4/h5-16,28H,1-4H3,(H,29,33)/b6-5+,28-25?,32-11?. The number of hydrogen-bond donors (Lipinski definition) is 2. The van der Waals surface area contributed by atoms with Crippen molar-refractivity contribution in [2.75, 3.05) is 7.05 Å². The third-order valence-electron chi connectivity index (χ3n) is 4.99. The maximum Gasteiger partial charge on any atom is 0.269 e. The van der Waals surface area contributed by atoms with E-state index in [9.17, 15) is 9.18 Å². The molecule has 0 unspecified atom stereocenters. The van der Waals surface area contributed by atoms with Crippen LogP contribution in [0.1, 0.15) is 35.5 Å². The Kier molecular flexibility index (Phi) is 7.23. The Morgan fingerprint density at radius 2 is 1.82 bits per heavy atom. The molecule has 0 bridgehead atoms. The van der Waals surface area contributed by atoms with Crippen molar-refractivity contribution < 1.29 is 9.18 Å². The molecule has 7 heteroatoms. The summed E-state index contributed by atoms with van der Waals surface area (Å²) in [6, 6.07) is 13.5. The number of amidine groups is 1. The van der Waals surface area contributed by atoms with Gasteiger partial charge in [0.05, 0.1) is 5.69 Å². The maximum atomic E-state index is 13.7. The number of halogens is 1. The van der Waals surface area contributed by atoms with Crippen molar-refractivity contribution in [3.63, 3.8) is 0 Å². The number of aryl methyl sites for hydroxylation is 1. The van der Waals surface area contributed by atoms with Gasteiger partial charge in [0.15, 0.2) is 11.5 Å². The Hall–Kier alpha value is -4.00. The van der Waals surface area contributed by atoms with Crippen molar-refractivity contribution in [3.05, 3.63) is 77.8 Å². The molecule has 1 amide bonds. The van der Waals surface area contributed by atoms with Gasteiger partial charge < -0.3 is 5.32 Å². The van der Waals surface area contributed by atoms with E-state index < -0.39 is 5.67 Å². The normalized spacial score (nSPS) is 11.8. The minimum Gasteiger partial charge on any atom is -0.354 e. The largest absolute Gasteiger partial charge is 0.354 e. The Balaban J connectivity index is 1.89. The summed E-state index contributed by atoms with van der Waals surface area (Å²) in [6.45, 7) is 4.64. The fraction of sp³-hybridized carbons (Fsp3) is 0.192. The van der Waals surface area contributed by atoms with E-state index in [0.717, 1.165) is 33.5 Å². The van der Waals surface area contributed by atoms with Crippen LogP contribution in [0.5, 0.6) is 0 Å². The third kappa shape index (κ3) is 6.04. The molecule has 0 fully saturated rings. The average molecular weight is 444 g/mol. The van der Waals surface area contributed by atoms with E-state index in [2.05, 4.69) is 20.3 Å². The molecule has 0 saturated carbocycles. The second kappa shape index (κ2) is 10.1. The molecule has 0 atom stereocenters. The molecule has 0 aliphatic heterocycles. The van der Waals surface area contributed by atoms with Crippen LogP contribution in [0.4, 0.5) is 4.39 Å². The van der Waals surface area contributed by atoms with Crippen LogP contribution < -0.4 is 5.32 Å². The number of carbonyl (C=O) groups excluding carboxylic acids is 1. The molecule has 0 radical (unpaired) electrons. The average Bonchev–Trinajstić information content (AvgIpc) is 2.81. The Morgan fingerprint density at radius 3 is 2.55 bits per heavy atom. The number of carbonyl (C=O) groups is 1. The highest BCUT2D eigenvalue weighted by atomic mass is 19.1. The lowest BCUT2D eigenvalue weighted by Crippen LogP contribution is -2.23. The van der Waals surface area contributed by atoms with Crippen LogP contribution >= 0.6 is 0 Å². The van der Waals surface area contributed by atoms with E-state index in [1.54, 1.807) is 31.6 Å². The van der Waals surface area contributed by atoms with E-state index in [0.29, 0.717) is 5.69 Å². The predicted octanol–water partition coefficient (Wildman–Crippen LogP) is 5.29. The lowest BCUT2D eigenvalue weighted by Gasteiger charge is -2.10. The van der Waals surface area contributed by atoms with Crippen molar-refractivity contribution in [2.45, 2.75) is 26.4 Å². The summed E-state index contributed by atoms with van der Waals surface area (Å²) < 4.78 is 13.7. The number of amides is 1. The number of allylic oxidation sites excluding steroid dienone is 1. The number of benzene rings is 1. The van der Waals surface area contributed by atoms with Crippen molar-refractivity contribution >= 4 is 24.0 Å². The zero-order valence-corrected chi connectivity index (χ0v) is 19.1. The first-order valence-electron chi connectivity index (χ1n) is 10.4. The van der Waals surface area contributed by atoms with Crippen LogP contribution in [0.25, 0.3) is 28.5 Å². The van der Waals surface area contributed by atoms with Gasteiger partial charge in [0, 0.05) is 31.2 Å². The molecule has 2 N–H and O–H groups in total. The predicted molar refractivity (Wildman–Crippen MR) is 131 cm³/mol. The van der Waals surface area contributed by atoms with Gasteiger partial charge in [-0.3, -0.25) is 20.2 Å². The lowest BCUT2D eigenvalue weighted by molar-refractivity contribution is 0.0958. The molecule has 0 aliphatic carbocycles. The van der Waals surface area contributed by atoms with Crippen LogP contribution in [0.15, 0.2) is 65.9 Å². The number of hydrogen-bond acceptors (Lipinski definition) is 4. The first-order valence-corrected chi connectivity index (χ1v) is 10.4. The summed E-state index contributed by atoms with van der Waals surface area (Å²) in [7, 11) is 1.57. The van der Waals surface area contributed by atoms with Gasteiger partial charge in [-0.1, -0.05) is 18.2 Å². The van der Waals surface area contributed by atoms with E-state index in [1.165, 1.54) is 20.1 Å². The number of aromatic nitrogens is 2. The Morgan fingerprint density at radius 1 is 1.09 bits per heavy atom. The summed E-state index contributed by atoms with van der Waals surface area (Å²) in [5, 5.41) is 10.2. The van der Waals surface area contributed by atoms with Gasteiger partial charge in [-0.2, -0.15) is 0 Å². The van der Waals surface area contributed by atoms with Crippen molar-refractivity contribution in [1.29, 1.82) is 5.41 Å². The van der Waals surface area contributed by atoms with Gasteiger partial charge >= 0.3 is 0 Å². The van der Waals surface area contributed by atoms with Crippen molar-refractivity contribution in [3.8, 4) is 22.4 Å². The van der Waals surface area contributed by atoms with Crippen LogP contribution in [0.3, 0.4) is 0 Å². The Bertz CT molecular complexity index is 1240. The molecule has 2 aromatic heterocycles. The molecular weight excluding hydrogens is 417 g/mol. The molecule has 168 valence electrons. The van der Waals surface area contributed by atoms with Gasteiger partial charge in [-0.15, -0.1) is 0 Å². The fourth-order valence-corrected chi connectivity index (χ4v) is 3.08. The summed E-state index contributed by atoms with van der Waals surface area (Å²) in [4.78, 5) is 24.3. The molecule has 0 saturated heterocycles. The minimum absolute atomic E-state index is 0.253. The maximum absolute atomic E-state index is 13.7. The van der Waals surface area contributed by atoms with Gasteiger partial charge in [0.2, 0.25) is 0 Å². The third-order valence-corrected chi connectivity index (χ3v) is 4.99. The number of rotatable bonds is 6. The molecule has 0 spiro atoms. The van der Waals surface area contributed by atoms with Gasteiger partial charge in [-0.25, -0.2) is 9.38 Å². The highest BCUT2D eigenvalue weighted by molar-refractivity contribution is 5.96. The smallest absolute Gasteiger partial charge is 0.269 e. The molecule has 6 nitrogen and oxygen atoms in total. The number of nitrogens with one attached hydrogen (secondary N) is 2. The van der Waals surface area contributed by atoms with E-state index in [-0.39, 0.29) is 11.7 Å². The van der Waals surface area contributed by atoms with Crippen LogP contribution in [0.2, 0.25) is 0 Å². The zero-order chi connectivity index (χ0) is 24.0. The quantitative estimate of drug-likeness (QED) is 0.401. The topological polar surface area (TPSA) is 91.1 Å². The summed E-state index contributed by atoms with van der Waals surface area (Å²) in [5.74, 6) is -0.575. The van der Waals surface area contributed by atoms with Gasteiger partial charge in [0.1, 0.15) is 5.69 Å². The molecule has 2 heterocycles. The molecule has 3 rings (SSSR count). The lowest BCUT2D eigenvalue weighted by atomic mass is 9.97.